The number of halogens is 2. The first kappa shape index (κ1) is 15.6. The highest BCUT2D eigenvalue weighted by Gasteiger charge is 2.18. The van der Waals surface area contributed by atoms with Gasteiger partial charge >= 0.3 is 0 Å². The van der Waals surface area contributed by atoms with Gasteiger partial charge in [-0.2, -0.15) is 8.42 Å². The summed E-state index contributed by atoms with van der Waals surface area (Å²) >= 11 is 0. The summed E-state index contributed by atoms with van der Waals surface area (Å²) in [6.45, 7) is 0.621. The van der Waals surface area contributed by atoms with Crippen LogP contribution < -0.4 is 4.74 Å². The van der Waals surface area contributed by atoms with Crippen LogP contribution in [0, 0.1) is 11.6 Å². The van der Waals surface area contributed by atoms with E-state index in [4.69, 9.17) is 6.11 Å². The average molecular weight is 341 g/mol. The van der Waals surface area contributed by atoms with Gasteiger partial charge in [-0.25, -0.2) is 8.78 Å². The molecule has 0 unspecified atom stereocenters. The van der Waals surface area contributed by atoms with Crippen molar-refractivity contribution < 1.29 is 27.5 Å². The molecule has 7 heteroatoms. The molecule has 23 heavy (non-hydrogen) atoms. The smallest absolute Gasteiger partial charge is 0.299 e. The molecule has 3 rings (SSSR count). The Morgan fingerprint density at radius 2 is 2.04 bits per heavy atom. The minimum absolute atomic E-state index is 0.478. The van der Waals surface area contributed by atoms with E-state index < -0.39 is 26.6 Å². The fourth-order valence-electron chi connectivity index (χ4n) is 1.76. The predicted molar refractivity (Wildman–Crippen MR) is 81.5 cm³/mol. The van der Waals surface area contributed by atoms with Gasteiger partial charge in [0.15, 0.2) is 0 Å². The molecule has 0 bridgehead atoms. The highest BCUT2D eigenvalue weighted by Crippen LogP contribution is 2.22. The van der Waals surface area contributed by atoms with Gasteiger partial charge in [-0.05, 0) is 24.3 Å². The van der Waals surface area contributed by atoms with Crippen LogP contribution in [-0.4, -0.2) is 22.1 Å². The summed E-state index contributed by atoms with van der Waals surface area (Å²) < 4.78 is 64.0. The number of fused-ring (bicyclic) bond motifs is 1. The van der Waals surface area contributed by atoms with Crippen molar-refractivity contribution in [3.05, 3.63) is 65.7 Å². The molecule has 0 atom stereocenters. The molecule has 2 aromatic carbocycles. The van der Waals surface area contributed by atoms with Crippen LogP contribution in [0.15, 0.2) is 53.4 Å². The molecule has 0 saturated heterocycles. The second-order valence-electron chi connectivity index (χ2n) is 4.36. The number of rotatable bonds is 2. The summed E-state index contributed by atoms with van der Waals surface area (Å²) in [6.07, 6.45) is 3.85. The molecule has 1 aliphatic heterocycles. The van der Waals surface area contributed by atoms with Crippen LogP contribution in [0.5, 0.6) is 5.75 Å². The van der Waals surface area contributed by atoms with Crippen molar-refractivity contribution in [2.75, 3.05) is 13.7 Å². The zero-order chi connectivity index (χ0) is 17.7. The van der Waals surface area contributed by atoms with Crippen LogP contribution in [0.25, 0.3) is 6.08 Å². The third-order valence-corrected chi connectivity index (χ3v) is 4.16. The van der Waals surface area contributed by atoms with Crippen molar-refractivity contribution in [1.82, 2.24) is 0 Å². The quantitative estimate of drug-likeness (QED) is 0.786. The molecule has 0 amide bonds. The Morgan fingerprint density at radius 3 is 2.70 bits per heavy atom. The molecule has 1 aliphatic rings. The SMILES string of the molecule is COS(=O)(=O)c1ccc(F)cc1F.[2H]c1cccc2c1C=CCO2. The maximum atomic E-state index is 12.8. The van der Waals surface area contributed by atoms with Crippen molar-refractivity contribution >= 4 is 16.2 Å². The Bertz CT molecular complexity index is 866. The second kappa shape index (κ2) is 7.34. The lowest BCUT2D eigenvalue weighted by molar-refractivity contribution is 0.358. The van der Waals surface area contributed by atoms with Crippen LogP contribution in [0.2, 0.25) is 0 Å². The second-order valence-corrected chi connectivity index (χ2v) is 6.04. The van der Waals surface area contributed by atoms with Crippen molar-refractivity contribution in [2.24, 2.45) is 0 Å². The first-order valence-electron chi connectivity index (χ1n) is 7.00. The predicted octanol–water partition coefficient (Wildman–Crippen LogP) is 3.39. The van der Waals surface area contributed by atoms with E-state index in [1.54, 1.807) is 6.07 Å². The van der Waals surface area contributed by atoms with Crippen molar-refractivity contribution in [3.63, 3.8) is 0 Å². The van der Waals surface area contributed by atoms with Crippen molar-refractivity contribution in [2.45, 2.75) is 4.90 Å². The highest BCUT2D eigenvalue weighted by atomic mass is 32.2. The number of para-hydroxylation sites is 1. The van der Waals surface area contributed by atoms with Gasteiger partial charge in [-0.3, -0.25) is 4.18 Å². The van der Waals surface area contributed by atoms with E-state index in [1.165, 1.54) is 0 Å². The lowest BCUT2D eigenvalue weighted by Gasteiger charge is -2.10. The summed E-state index contributed by atoms with van der Waals surface area (Å²) in [5.41, 5.74) is 0.888. The maximum absolute atomic E-state index is 12.8. The van der Waals surface area contributed by atoms with E-state index in [2.05, 4.69) is 4.18 Å². The third kappa shape index (κ3) is 4.37. The van der Waals surface area contributed by atoms with E-state index in [0.717, 1.165) is 30.6 Å². The Morgan fingerprint density at radius 1 is 1.26 bits per heavy atom. The van der Waals surface area contributed by atoms with Crippen molar-refractivity contribution in [3.8, 4) is 5.75 Å². The zero-order valence-electron chi connectivity index (χ0n) is 13.1. The van der Waals surface area contributed by atoms with Gasteiger partial charge in [0.2, 0.25) is 0 Å². The molecule has 0 spiro atoms. The van der Waals surface area contributed by atoms with Crippen LogP contribution in [0.4, 0.5) is 8.78 Å². The molecular weight excluding hydrogens is 326 g/mol. The Hall–Kier alpha value is -2.25. The van der Waals surface area contributed by atoms with Gasteiger partial charge in [0.1, 0.15) is 28.9 Å². The minimum atomic E-state index is -4.09. The average Bonchev–Trinajstić information content (AvgIpc) is 2.56. The van der Waals surface area contributed by atoms with E-state index in [-0.39, 0.29) is 0 Å². The highest BCUT2D eigenvalue weighted by molar-refractivity contribution is 7.86. The van der Waals surface area contributed by atoms with Gasteiger partial charge in [-0.1, -0.05) is 24.3 Å². The standard InChI is InChI=1S/C9H8O.C7H6F2O3S/c1-2-6-9-8(4-1)5-3-7-10-9;1-12-13(10,11)7-3-2-5(8)4-6(7)9/h1-6H,7H2;2-4H,1H3/i4D;. The molecule has 0 aromatic heterocycles. The summed E-state index contributed by atoms with van der Waals surface area (Å²) in [5.74, 6) is -1.19. The molecule has 4 nitrogen and oxygen atoms in total. The maximum Gasteiger partial charge on any atom is 0.299 e. The van der Waals surface area contributed by atoms with Gasteiger partial charge < -0.3 is 4.74 Å². The number of hydrogen-bond donors (Lipinski definition) is 0. The summed E-state index contributed by atoms with van der Waals surface area (Å²) in [6, 6.07) is 8.14. The van der Waals surface area contributed by atoms with Crippen LogP contribution in [0.1, 0.15) is 6.93 Å². The van der Waals surface area contributed by atoms with Crippen LogP contribution in [-0.2, 0) is 14.3 Å². The van der Waals surface area contributed by atoms with E-state index in [9.17, 15) is 17.2 Å². The molecule has 0 radical (unpaired) electrons. The molecule has 1 heterocycles. The topological polar surface area (TPSA) is 52.6 Å². The normalized spacial score (nSPS) is 13.3. The fourth-order valence-corrected chi connectivity index (χ4v) is 2.47. The minimum Gasteiger partial charge on any atom is -0.489 e. The third-order valence-electron chi connectivity index (χ3n) is 2.85. The van der Waals surface area contributed by atoms with Gasteiger partial charge in [0.05, 0.1) is 8.48 Å². The first-order chi connectivity index (χ1) is 11.3. The lowest BCUT2D eigenvalue weighted by Crippen LogP contribution is -2.05. The molecule has 122 valence electrons. The van der Waals surface area contributed by atoms with E-state index >= 15 is 0 Å². The zero-order valence-corrected chi connectivity index (χ0v) is 12.9. The fraction of sp³-hybridized carbons (Fsp3) is 0.125. The Balaban J connectivity index is 0.000000175. The molecule has 0 aliphatic carbocycles. The van der Waals surface area contributed by atoms with Gasteiger partial charge in [0.25, 0.3) is 10.1 Å². The van der Waals surface area contributed by atoms with E-state index in [0.29, 0.717) is 18.7 Å². The summed E-state index contributed by atoms with van der Waals surface area (Å²) in [5, 5.41) is 0. The monoisotopic (exact) mass is 341 g/mol. The van der Waals surface area contributed by atoms with Gasteiger partial charge in [-0.15, -0.1) is 0 Å². The summed E-state index contributed by atoms with van der Waals surface area (Å²) in [7, 11) is -3.19. The summed E-state index contributed by atoms with van der Waals surface area (Å²) in [4.78, 5) is -0.670. The largest absolute Gasteiger partial charge is 0.489 e. The molecule has 0 N–H and O–H groups in total. The van der Waals surface area contributed by atoms with Crippen LogP contribution >= 0.6 is 0 Å². The lowest BCUT2D eigenvalue weighted by atomic mass is 10.1. The van der Waals surface area contributed by atoms with Crippen LogP contribution in [0.3, 0.4) is 0 Å². The van der Waals surface area contributed by atoms with E-state index in [1.807, 2.05) is 24.3 Å². The number of ether oxygens (including phenoxy) is 1. The molecule has 0 saturated carbocycles. The van der Waals surface area contributed by atoms with Crippen molar-refractivity contribution in [1.29, 1.82) is 0 Å². The number of hydrogen-bond acceptors (Lipinski definition) is 4. The molecule has 2 aromatic rings. The van der Waals surface area contributed by atoms with Gasteiger partial charge in [0, 0.05) is 11.6 Å². The first-order valence-corrected chi connectivity index (χ1v) is 7.90. The number of benzene rings is 2. The molecular formula is C16H14F2O4S. The Labute approximate surface area is 134 Å². The Kier molecular flexibility index (Phi) is 4.99. The molecule has 0 fully saturated rings.